The van der Waals surface area contributed by atoms with Crippen LogP contribution in [0.1, 0.15) is 6.92 Å². The normalized spacial score (nSPS) is 11.8. The van der Waals surface area contributed by atoms with E-state index in [1.54, 1.807) is 13.0 Å². The van der Waals surface area contributed by atoms with E-state index in [4.69, 9.17) is 0 Å². The molecule has 0 aliphatic heterocycles. The number of carbonyl (C=O) groups is 1. The SMILES string of the molecule is C=CCNC(=O)[C@H](C)Cn1cc([N+](=O)[O-])cn1. The first-order chi connectivity index (χ1) is 8.04. The van der Waals surface area contributed by atoms with Crippen LogP contribution in [0.25, 0.3) is 0 Å². The number of rotatable bonds is 6. The molecular weight excluding hydrogens is 224 g/mol. The van der Waals surface area contributed by atoms with Crippen molar-refractivity contribution in [3.63, 3.8) is 0 Å². The highest BCUT2D eigenvalue weighted by atomic mass is 16.6. The van der Waals surface area contributed by atoms with E-state index < -0.39 is 4.92 Å². The lowest BCUT2D eigenvalue weighted by atomic mass is 10.1. The minimum Gasteiger partial charge on any atom is -0.352 e. The van der Waals surface area contributed by atoms with E-state index in [2.05, 4.69) is 17.0 Å². The molecule has 1 heterocycles. The topological polar surface area (TPSA) is 90.1 Å². The molecule has 0 saturated carbocycles. The van der Waals surface area contributed by atoms with Gasteiger partial charge in [0.2, 0.25) is 5.91 Å². The Morgan fingerprint density at radius 1 is 1.82 bits per heavy atom. The van der Waals surface area contributed by atoms with Crippen molar-refractivity contribution in [2.75, 3.05) is 6.54 Å². The van der Waals surface area contributed by atoms with Gasteiger partial charge in [0.1, 0.15) is 12.4 Å². The zero-order chi connectivity index (χ0) is 12.8. The maximum absolute atomic E-state index is 11.5. The summed E-state index contributed by atoms with van der Waals surface area (Å²) in [5.74, 6) is -0.447. The Morgan fingerprint density at radius 3 is 3.06 bits per heavy atom. The second-order valence-electron chi connectivity index (χ2n) is 3.61. The molecule has 0 aliphatic rings. The Bertz CT molecular complexity index is 427. The first-order valence-corrected chi connectivity index (χ1v) is 5.10. The Labute approximate surface area is 98.3 Å². The Hall–Kier alpha value is -2.18. The van der Waals surface area contributed by atoms with Crippen molar-refractivity contribution in [1.29, 1.82) is 0 Å². The molecule has 0 saturated heterocycles. The molecule has 0 aromatic carbocycles. The van der Waals surface area contributed by atoms with Gasteiger partial charge in [-0.25, -0.2) is 0 Å². The molecule has 1 aromatic heterocycles. The van der Waals surface area contributed by atoms with Gasteiger partial charge in [0.15, 0.2) is 0 Å². The first-order valence-electron chi connectivity index (χ1n) is 5.10. The zero-order valence-corrected chi connectivity index (χ0v) is 9.50. The summed E-state index contributed by atoms with van der Waals surface area (Å²) in [6, 6.07) is 0. The number of nitrogens with one attached hydrogen (secondary N) is 1. The van der Waals surface area contributed by atoms with Crippen LogP contribution in [0.5, 0.6) is 0 Å². The average Bonchev–Trinajstić information content (AvgIpc) is 2.74. The lowest BCUT2D eigenvalue weighted by molar-refractivity contribution is -0.385. The molecule has 17 heavy (non-hydrogen) atoms. The van der Waals surface area contributed by atoms with Crippen molar-refractivity contribution in [2.24, 2.45) is 5.92 Å². The van der Waals surface area contributed by atoms with Crippen molar-refractivity contribution in [3.05, 3.63) is 35.2 Å². The van der Waals surface area contributed by atoms with Crippen LogP contribution in [0.2, 0.25) is 0 Å². The van der Waals surface area contributed by atoms with Crippen molar-refractivity contribution in [1.82, 2.24) is 15.1 Å². The fourth-order valence-electron chi connectivity index (χ4n) is 1.26. The molecule has 1 atom stereocenters. The van der Waals surface area contributed by atoms with Gasteiger partial charge in [-0.1, -0.05) is 13.0 Å². The van der Waals surface area contributed by atoms with Gasteiger partial charge >= 0.3 is 5.69 Å². The number of carbonyl (C=O) groups excluding carboxylic acids is 1. The zero-order valence-electron chi connectivity index (χ0n) is 9.50. The third kappa shape index (κ3) is 3.71. The first kappa shape index (κ1) is 12.9. The molecule has 0 fully saturated rings. The standard InChI is InChI=1S/C10H14N4O3/c1-3-4-11-10(15)8(2)6-13-7-9(5-12-13)14(16)17/h3,5,7-8H,1,4,6H2,2H3,(H,11,15)/t8-/m1/s1. The summed E-state index contributed by atoms with van der Waals surface area (Å²) < 4.78 is 1.39. The van der Waals surface area contributed by atoms with Crippen molar-refractivity contribution < 1.29 is 9.72 Å². The van der Waals surface area contributed by atoms with Gasteiger partial charge in [-0.2, -0.15) is 5.10 Å². The van der Waals surface area contributed by atoms with Gasteiger partial charge in [-0.3, -0.25) is 19.6 Å². The molecule has 0 unspecified atom stereocenters. The molecule has 1 aromatic rings. The molecule has 0 spiro atoms. The van der Waals surface area contributed by atoms with E-state index >= 15 is 0 Å². The van der Waals surface area contributed by atoms with E-state index in [0.29, 0.717) is 13.1 Å². The average molecular weight is 238 g/mol. The maximum Gasteiger partial charge on any atom is 0.306 e. The predicted molar refractivity (Wildman–Crippen MR) is 61.3 cm³/mol. The largest absolute Gasteiger partial charge is 0.352 e. The van der Waals surface area contributed by atoms with Gasteiger partial charge in [0.25, 0.3) is 0 Å². The summed E-state index contributed by atoms with van der Waals surface area (Å²) in [6.45, 7) is 5.93. The Balaban J connectivity index is 2.54. The van der Waals surface area contributed by atoms with Gasteiger partial charge in [-0.15, -0.1) is 6.58 Å². The van der Waals surface area contributed by atoms with Crippen LogP contribution in [-0.2, 0) is 11.3 Å². The van der Waals surface area contributed by atoms with Gasteiger partial charge in [0.05, 0.1) is 17.4 Å². The highest BCUT2D eigenvalue weighted by molar-refractivity contribution is 5.78. The lowest BCUT2D eigenvalue weighted by Gasteiger charge is -2.10. The lowest BCUT2D eigenvalue weighted by Crippen LogP contribution is -2.31. The Kier molecular flexibility index (Phi) is 4.38. The van der Waals surface area contributed by atoms with Crippen molar-refractivity contribution in [2.45, 2.75) is 13.5 Å². The van der Waals surface area contributed by atoms with E-state index in [0.717, 1.165) is 6.20 Å². The fraction of sp³-hybridized carbons (Fsp3) is 0.400. The minimum atomic E-state index is -0.522. The summed E-state index contributed by atoms with van der Waals surface area (Å²) >= 11 is 0. The highest BCUT2D eigenvalue weighted by Crippen LogP contribution is 2.09. The summed E-state index contributed by atoms with van der Waals surface area (Å²) in [4.78, 5) is 21.4. The molecule has 1 N–H and O–H groups in total. The third-order valence-corrected chi connectivity index (χ3v) is 2.16. The van der Waals surface area contributed by atoms with Gasteiger partial charge < -0.3 is 5.32 Å². The van der Waals surface area contributed by atoms with Crippen LogP contribution in [0.15, 0.2) is 25.0 Å². The molecule has 92 valence electrons. The molecule has 0 aliphatic carbocycles. The van der Waals surface area contributed by atoms with Crippen molar-refractivity contribution >= 4 is 11.6 Å². The van der Waals surface area contributed by atoms with Crippen LogP contribution < -0.4 is 5.32 Å². The minimum absolute atomic E-state index is 0.0799. The molecule has 1 rings (SSSR count). The van der Waals surface area contributed by atoms with Crippen LogP contribution in [0, 0.1) is 16.0 Å². The quantitative estimate of drug-likeness (QED) is 0.449. The molecule has 7 heteroatoms. The number of hydrogen-bond acceptors (Lipinski definition) is 4. The van der Waals surface area contributed by atoms with Gasteiger partial charge in [0, 0.05) is 6.54 Å². The fourth-order valence-corrected chi connectivity index (χ4v) is 1.26. The molecule has 0 radical (unpaired) electrons. The van der Waals surface area contributed by atoms with Crippen molar-refractivity contribution in [3.8, 4) is 0 Å². The predicted octanol–water partition coefficient (Wildman–Crippen LogP) is 0.730. The molecule has 0 bridgehead atoms. The Morgan fingerprint density at radius 2 is 2.53 bits per heavy atom. The van der Waals surface area contributed by atoms with E-state index in [1.807, 2.05) is 0 Å². The molecule has 7 nitrogen and oxygen atoms in total. The number of aromatic nitrogens is 2. The third-order valence-electron chi connectivity index (χ3n) is 2.16. The number of amides is 1. The monoisotopic (exact) mass is 238 g/mol. The number of nitrogens with zero attached hydrogens (tertiary/aromatic N) is 3. The van der Waals surface area contributed by atoms with Gasteiger partial charge in [-0.05, 0) is 0 Å². The van der Waals surface area contributed by atoms with E-state index in [9.17, 15) is 14.9 Å². The van der Waals surface area contributed by atoms with Crippen LogP contribution >= 0.6 is 0 Å². The van der Waals surface area contributed by atoms with E-state index in [1.165, 1.54) is 10.9 Å². The second kappa shape index (κ2) is 5.78. The van der Waals surface area contributed by atoms with Crippen LogP contribution in [0.4, 0.5) is 5.69 Å². The highest BCUT2D eigenvalue weighted by Gasteiger charge is 2.15. The summed E-state index contributed by atoms with van der Waals surface area (Å²) in [7, 11) is 0. The second-order valence-corrected chi connectivity index (χ2v) is 3.61. The number of nitro groups is 1. The summed E-state index contributed by atoms with van der Waals surface area (Å²) in [5, 5.41) is 16.9. The number of hydrogen-bond donors (Lipinski definition) is 1. The summed E-state index contributed by atoms with van der Waals surface area (Å²) in [5.41, 5.74) is -0.0799. The molecule has 1 amide bonds. The van der Waals surface area contributed by atoms with Crippen LogP contribution in [-0.4, -0.2) is 27.2 Å². The molecular formula is C10H14N4O3. The summed E-state index contributed by atoms with van der Waals surface area (Å²) in [6.07, 6.45) is 4.05. The smallest absolute Gasteiger partial charge is 0.306 e. The van der Waals surface area contributed by atoms with E-state index in [-0.39, 0.29) is 17.5 Å². The maximum atomic E-state index is 11.5. The van der Waals surface area contributed by atoms with Crippen LogP contribution in [0.3, 0.4) is 0 Å².